The maximum atomic E-state index is 13.2. The standard InChI is InChI=1S/C16H14Cl2N2O5S/c1-10-14(17)7-4-8-15(10)19(11(2)16(18)21)26(24,25)13-6-3-5-12(9-13)20(22)23/h3-9,11H,1-2H3. The van der Waals surface area contributed by atoms with Crippen LogP contribution >= 0.6 is 23.2 Å². The van der Waals surface area contributed by atoms with Crippen molar-refractivity contribution in [3.8, 4) is 0 Å². The first-order chi connectivity index (χ1) is 12.1. The first kappa shape index (κ1) is 20.2. The number of sulfonamides is 1. The highest BCUT2D eigenvalue weighted by atomic mass is 35.5. The van der Waals surface area contributed by atoms with Crippen molar-refractivity contribution >= 4 is 49.8 Å². The number of hydrogen-bond acceptors (Lipinski definition) is 5. The quantitative estimate of drug-likeness (QED) is 0.403. The second-order valence-corrected chi connectivity index (χ2v) is 8.01. The molecular weight excluding hydrogens is 403 g/mol. The Balaban J connectivity index is 2.72. The van der Waals surface area contributed by atoms with E-state index in [9.17, 15) is 23.3 Å². The van der Waals surface area contributed by atoms with Gasteiger partial charge in [0.1, 0.15) is 6.04 Å². The van der Waals surface area contributed by atoms with Gasteiger partial charge < -0.3 is 0 Å². The summed E-state index contributed by atoms with van der Waals surface area (Å²) in [6, 6.07) is 7.89. The van der Waals surface area contributed by atoms with E-state index in [2.05, 4.69) is 0 Å². The van der Waals surface area contributed by atoms with Crippen molar-refractivity contribution in [2.24, 2.45) is 0 Å². The number of nitro groups is 1. The van der Waals surface area contributed by atoms with Gasteiger partial charge in [-0.3, -0.25) is 19.2 Å². The van der Waals surface area contributed by atoms with Crippen LogP contribution in [0.5, 0.6) is 0 Å². The van der Waals surface area contributed by atoms with Crippen molar-refractivity contribution < 1.29 is 18.1 Å². The van der Waals surface area contributed by atoms with E-state index in [1.54, 1.807) is 13.0 Å². The van der Waals surface area contributed by atoms with E-state index in [4.69, 9.17) is 23.2 Å². The Hall–Kier alpha value is -2.16. The normalized spacial score (nSPS) is 12.5. The summed E-state index contributed by atoms with van der Waals surface area (Å²) in [5, 5.41) is 10.4. The average molecular weight is 417 g/mol. The molecule has 26 heavy (non-hydrogen) atoms. The highest BCUT2D eigenvalue weighted by Gasteiger charge is 2.34. The van der Waals surface area contributed by atoms with Gasteiger partial charge in [-0.15, -0.1) is 0 Å². The van der Waals surface area contributed by atoms with E-state index in [0.717, 1.165) is 10.4 Å². The minimum atomic E-state index is -4.33. The molecule has 0 aliphatic carbocycles. The van der Waals surface area contributed by atoms with Crippen LogP contribution in [0.4, 0.5) is 11.4 Å². The number of non-ortho nitro benzene ring substituents is 1. The third kappa shape index (κ3) is 3.82. The van der Waals surface area contributed by atoms with Crippen molar-refractivity contribution in [3.63, 3.8) is 0 Å². The van der Waals surface area contributed by atoms with Crippen molar-refractivity contribution in [1.29, 1.82) is 0 Å². The summed E-state index contributed by atoms with van der Waals surface area (Å²) in [7, 11) is -4.33. The molecule has 0 spiro atoms. The molecule has 7 nitrogen and oxygen atoms in total. The van der Waals surface area contributed by atoms with Gasteiger partial charge in [0, 0.05) is 17.2 Å². The fourth-order valence-corrected chi connectivity index (χ4v) is 4.39. The Morgan fingerprint density at radius 1 is 1.23 bits per heavy atom. The zero-order chi connectivity index (χ0) is 19.6. The molecule has 0 bridgehead atoms. The molecule has 1 atom stereocenters. The van der Waals surface area contributed by atoms with Crippen LogP contribution in [0.25, 0.3) is 0 Å². The number of rotatable bonds is 6. The summed E-state index contributed by atoms with van der Waals surface area (Å²) < 4.78 is 27.2. The summed E-state index contributed by atoms with van der Waals surface area (Å²) >= 11 is 11.6. The Morgan fingerprint density at radius 3 is 2.42 bits per heavy atom. The fraction of sp³-hybridized carbons (Fsp3) is 0.188. The zero-order valence-corrected chi connectivity index (χ0v) is 16.0. The maximum absolute atomic E-state index is 13.2. The highest BCUT2D eigenvalue weighted by molar-refractivity contribution is 7.93. The lowest BCUT2D eigenvalue weighted by Crippen LogP contribution is -2.42. The van der Waals surface area contributed by atoms with Crippen LogP contribution in [0.2, 0.25) is 5.02 Å². The van der Waals surface area contributed by atoms with Crippen LogP contribution in [-0.2, 0) is 14.8 Å². The van der Waals surface area contributed by atoms with E-state index >= 15 is 0 Å². The van der Waals surface area contributed by atoms with Gasteiger partial charge in [0.05, 0.1) is 15.5 Å². The number of carbonyl (C=O) groups is 1. The number of carbonyl (C=O) groups excluding carboxylic acids is 1. The Morgan fingerprint density at radius 2 is 1.85 bits per heavy atom. The predicted octanol–water partition coefficient (Wildman–Crippen LogP) is 3.91. The lowest BCUT2D eigenvalue weighted by molar-refractivity contribution is -0.385. The molecule has 2 aromatic carbocycles. The van der Waals surface area contributed by atoms with Gasteiger partial charge in [-0.05, 0) is 49.2 Å². The van der Waals surface area contributed by atoms with Gasteiger partial charge in [0.25, 0.3) is 15.7 Å². The number of hydrogen-bond donors (Lipinski definition) is 0. The molecule has 0 heterocycles. The Labute approximate surface area is 160 Å². The van der Waals surface area contributed by atoms with Crippen molar-refractivity contribution in [1.82, 2.24) is 0 Å². The van der Waals surface area contributed by atoms with Crippen LogP contribution < -0.4 is 4.31 Å². The van der Waals surface area contributed by atoms with Crippen LogP contribution in [0.15, 0.2) is 47.4 Å². The molecule has 0 amide bonds. The van der Waals surface area contributed by atoms with Crippen molar-refractivity contribution in [2.45, 2.75) is 24.8 Å². The molecule has 2 aromatic rings. The van der Waals surface area contributed by atoms with Crippen LogP contribution in [0.1, 0.15) is 12.5 Å². The Kier molecular flexibility index (Phi) is 5.90. The van der Waals surface area contributed by atoms with Gasteiger partial charge in [0.15, 0.2) is 0 Å². The molecule has 2 rings (SSSR count). The van der Waals surface area contributed by atoms with Gasteiger partial charge in [-0.25, -0.2) is 8.42 Å². The molecule has 10 heteroatoms. The second-order valence-electron chi connectivity index (χ2n) is 5.42. The monoisotopic (exact) mass is 416 g/mol. The number of benzene rings is 2. The van der Waals surface area contributed by atoms with E-state index in [-0.39, 0.29) is 10.6 Å². The maximum Gasteiger partial charge on any atom is 0.270 e. The van der Waals surface area contributed by atoms with E-state index in [0.29, 0.717) is 10.6 Å². The topological polar surface area (TPSA) is 97.6 Å². The van der Waals surface area contributed by atoms with Crippen molar-refractivity contribution in [3.05, 3.63) is 63.2 Å². The summed E-state index contributed by atoms with van der Waals surface area (Å²) in [5.74, 6) is 0. The summed E-state index contributed by atoms with van der Waals surface area (Å²) in [6.07, 6.45) is 0. The van der Waals surface area contributed by atoms with E-state index in [1.165, 1.54) is 37.3 Å². The second kappa shape index (κ2) is 7.61. The molecule has 0 aliphatic heterocycles. The summed E-state index contributed by atoms with van der Waals surface area (Å²) in [4.78, 5) is 21.6. The van der Waals surface area contributed by atoms with Gasteiger partial charge in [0.2, 0.25) is 5.24 Å². The van der Waals surface area contributed by atoms with Gasteiger partial charge in [-0.2, -0.15) is 0 Å². The van der Waals surface area contributed by atoms with Gasteiger partial charge >= 0.3 is 0 Å². The zero-order valence-electron chi connectivity index (χ0n) is 13.7. The molecule has 0 fully saturated rings. The molecule has 0 aromatic heterocycles. The molecule has 138 valence electrons. The number of halogens is 2. The third-order valence-corrected chi connectivity index (χ3v) is 6.35. The third-order valence-electron chi connectivity index (χ3n) is 3.74. The Bertz CT molecular complexity index is 978. The minimum absolute atomic E-state index is 0.158. The minimum Gasteiger partial charge on any atom is -0.279 e. The fourth-order valence-electron chi connectivity index (χ4n) is 2.34. The lowest BCUT2D eigenvalue weighted by atomic mass is 10.2. The van der Waals surface area contributed by atoms with Crippen LogP contribution in [-0.4, -0.2) is 24.6 Å². The first-order valence-electron chi connectivity index (χ1n) is 7.30. The van der Waals surface area contributed by atoms with E-state index in [1.807, 2.05) is 0 Å². The van der Waals surface area contributed by atoms with Gasteiger partial charge in [-0.1, -0.05) is 23.7 Å². The summed E-state index contributed by atoms with van der Waals surface area (Å²) in [5.41, 5.74) is 0.192. The van der Waals surface area contributed by atoms with Crippen LogP contribution in [0, 0.1) is 17.0 Å². The molecule has 0 saturated carbocycles. The van der Waals surface area contributed by atoms with Crippen LogP contribution in [0.3, 0.4) is 0 Å². The largest absolute Gasteiger partial charge is 0.279 e. The predicted molar refractivity (Wildman–Crippen MR) is 99.3 cm³/mol. The number of anilines is 1. The number of nitrogens with zero attached hydrogens (tertiary/aromatic N) is 2. The molecule has 0 radical (unpaired) electrons. The highest BCUT2D eigenvalue weighted by Crippen LogP contribution is 2.33. The smallest absolute Gasteiger partial charge is 0.270 e. The first-order valence-corrected chi connectivity index (χ1v) is 9.50. The lowest BCUT2D eigenvalue weighted by Gasteiger charge is -2.29. The van der Waals surface area contributed by atoms with Crippen molar-refractivity contribution in [2.75, 3.05) is 4.31 Å². The van der Waals surface area contributed by atoms with E-state index < -0.39 is 31.9 Å². The molecule has 0 N–H and O–H groups in total. The average Bonchev–Trinajstić information content (AvgIpc) is 2.58. The molecule has 0 aliphatic rings. The SMILES string of the molecule is Cc1c(Cl)cccc1N(C(C)C(=O)Cl)S(=O)(=O)c1cccc([N+](=O)[O-])c1. The summed E-state index contributed by atoms with van der Waals surface area (Å²) in [6.45, 7) is 2.92. The molecule has 0 saturated heterocycles. The molecular formula is C16H14Cl2N2O5S. The number of nitro benzene ring substituents is 1. The molecule has 1 unspecified atom stereocenters.